The largest absolute Gasteiger partial charge is 0.370 e. The Balaban J connectivity index is 2.35. The van der Waals surface area contributed by atoms with E-state index in [0.29, 0.717) is 18.4 Å². The van der Waals surface area contributed by atoms with Crippen LogP contribution in [0.5, 0.6) is 0 Å². The third-order valence-corrected chi connectivity index (χ3v) is 2.97. The van der Waals surface area contributed by atoms with E-state index in [1.807, 2.05) is 11.6 Å². The first kappa shape index (κ1) is 12.0. The highest BCUT2D eigenvalue weighted by Gasteiger charge is 2.06. The molecule has 1 rings (SSSR count). The van der Waals surface area contributed by atoms with Gasteiger partial charge in [-0.15, -0.1) is 11.3 Å². The van der Waals surface area contributed by atoms with Crippen molar-refractivity contribution >= 4 is 17.3 Å². The van der Waals surface area contributed by atoms with Crippen LogP contribution in [0.2, 0.25) is 0 Å². The Bertz CT molecular complexity index is 294. The van der Waals surface area contributed by atoms with Gasteiger partial charge in [-0.3, -0.25) is 4.99 Å². The summed E-state index contributed by atoms with van der Waals surface area (Å²) in [6.07, 6.45) is 2.87. The molecule has 1 aromatic rings. The number of rotatable bonds is 5. The van der Waals surface area contributed by atoms with Gasteiger partial charge in [-0.1, -0.05) is 13.8 Å². The smallest absolute Gasteiger partial charge is 0.188 e. The third-order valence-electron chi connectivity index (χ3n) is 1.96. The molecular formula is C10H18N4S. The monoisotopic (exact) mass is 226 g/mol. The summed E-state index contributed by atoms with van der Waals surface area (Å²) in [5.74, 6) is 0.868. The molecule has 15 heavy (non-hydrogen) atoms. The molecule has 0 aliphatic heterocycles. The molecule has 0 aliphatic carbocycles. The van der Waals surface area contributed by atoms with E-state index in [1.54, 1.807) is 11.3 Å². The summed E-state index contributed by atoms with van der Waals surface area (Å²) < 4.78 is 0. The highest BCUT2D eigenvalue weighted by molar-refractivity contribution is 7.09. The number of hydrogen-bond donors (Lipinski definition) is 2. The summed E-state index contributed by atoms with van der Waals surface area (Å²) in [4.78, 5) is 8.51. The summed E-state index contributed by atoms with van der Waals surface area (Å²) >= 11 is 1.66. The van der Waals surface area contributed by atoms with Crippen molar-refractivity contribution in [2.45, 2.75) is 26.2 Å². The van der Waals surface area contributed by atoms with Gasteiger partial charge in [0.25, 0.3) is 0 Å². The van der Waals surface area contributed by atoms with Crippen LogP contribution in [0.15, 0.2) is 16.6 Å². The van der Waals surface area contributed by atoms with Crippen molar-refractivity contribution in [3.8, 4) is 0 Å². The van der Waals surface area contributed by atoms with Crippen molar-refractivity contribution in [2.75, 3.05) is 13.1 Å². The van der Waals surface area contributed by atoms with E-state index in [9.17, 15) is 0 Å². The van der Waals surface area contributed by atoms with Crippen molar-refractivity contribution in [3.63, 3.8) is 0 Å². The fraction of sp³-hybridized carbons (Fsp3) is 0.600. The number of aromatic nitrogens is 1. The first-order valence-corrected chi connectivity index (χ1v) is 6.05. The second-order valence-electron chi connectivity index (χ2n) is 3.42. The number of aliphatic imine (C=N–C) groups is 1. The average Bonchev–Trinajstić information content (AvgIpc) is 2.76. The van der Waals surface area contributed by atoms with E-state index in [-0.39, 0.29) is 0 Å². The van der Waals surface area contributed by atoms with Gasteiger partial charge in [0, 0.05) is 24.0 Å². The fourth-order valence-electron chi connectivity index (χ4n) is 1.10. The molecule has 0 fully saturated rings. The molecule has 1 heterocycles. The molecule has 4 nitrogen and oxygen atoms in total. The number of nitrogens with one attached hydrogen (secondary N) is 1. The molecule has 3 N–H and O–H groups in total. The van der Waals surface area contributed by atoms with Gasteiger partial charge in [0.05, 0.1) is 11.6 Å². The molecule has 0 aromatic carbocycles. The first-order valence-electron chi connectivity index (χ1n) is 5.17. The van der Waals surface area contributed by atoms with Gasteiger partial charge in [0.1, 0.15) is 0 Å². The SMILES string of the molecule is CCCNC(N)=NCC(C)c1nccs1. The second-order valence-corrected chi connectivity index (χ2v) is 4.35. The molecule has 1 unspecified atom stereocenters. The van der Waals surface area contributed by atoms with Crippen LogP contribution in [0.3, 0.4) is 0 Å². The lowest BCUT2D eigenvalue weighted by molar-refractivity contribution is 0.753. The molecule has 0 amide bonds. The highest BCUT2D eigenvalue weighted by Crippen LogP contribution is 2.17. The zero-order valence-corrected chi connectivity index (χ0v) is 10.0. The summed E-state index contributed by atoms with van der Waals surface area (Å²) in [6.45, 7) is 5.77. The first-order chi connectivity index (χ1) is 7.24. The van der Waals surface area contributed by atoms with Crippen LogP contribution >= 0.6 is 11.3 Å². The number of hydrogen-bond acceptors (Lipinski definition) is 3. The van der Waals surface area contributed by atoms with Crippen LogP contribution in [0.25, 0.3) is 0 Å². The van der Waals surface area contributed by atoms with Crippen LogP contribution in [0.4, 0.5) is 0 Å². The number of thiazole rings is 1. The standard InChI is InChI=1S/C10H18N4S/c1-3-4-13-10(11)14-7-8(2)9-12-5-6-15-9/h5-6,8H,3-4,7H2,1-2H3,(H3,11,13,14). The molecule has 0 radical (unpaired) electrons. The van der Waals surface area contributed by atoms with Crippen molar-refractivity contribution < 1.29 is 0 Å². The van der Waals surface area contributed by atoms with Gasteiger partial charge in [-0.05, 0) is 6.42 Å². The van der Waals surface area contributed by atoms with Gasteiger partial charge in [-0.2, -0.15) is 0 Å². The van der Waals surface area contributed by atoms with Gasteiger partial charge in [0.2, 0.25) is 0 Å². The van der Waals surface area contributed by atoms with Crippen molar-refractivity contribution in [2.24, 2.45) is 10.7 Å². The maximum atomic E-state index is 5.68. The van der Waals surface area contributed by atoms with Crippen LogP contribution in [-0.4, -0.2) is 24.0 Å². The van der Waals surface area contributed by atoms with Crippen LogP contribution in [0, 0.1) is 0 Å². The van der Waals surface area contributed by atoms with E-state index in [1.165, 1.54) is 0 Å². The predicted molar refractivity (Wildman–Crippen MR) is 65.3 cm³/mol. The van der Waals surface area contributed by atoms with Gasteiger partial charge in [0.15, 0.2) is 5.96 Å². The molecule has 5 heteroatoms. The average molecular weight is 226 g/mol. The topological polar surface area (TPSA) is 63.3 Å². The minimum Gasteiger partial charge on any atom is -0.370 e. The molecule has 84 valence electrons. The Hall–Kier alpha value is -1.10. The van der Waals surface area contributed by atoms with Crippen molar-refractivity contribution in [1.29, 1.82) is 0 Å². The zero-order chi connectivity index (χ0) is 11.1. The molecule has 0 bridgehead atoms. The Morgan fingerprint density at radius 1 is 1.73 bits per heavy atom. The minimum absolute atomic E-state index is 0.340. The van der Waals surface area contributed by atoms with Crippen LogP contribution in [-0.2, 0) is 0 Å². The Morgan fingerprint density at radius 2 is 2.53 bits per heavy atom. The molecule has 1 atom stereocenters. The highest BCUT2D eigenvalue weighted by atomic mass is 32.1. The normalized spacial score (nSPS) is 13.9. The van der Waals surface area contributed by atoms with E-state index < -0.39 is 0 Å². The van der Waals surface area contributed by atoms with Crippen LogP contribution in [0.1, 0.15) is 31.2 Å². The van der Waals surface area contributed by atoms with Gasteiger partial charge >= 0.3 is 0 Å². The number of guanidine groups is 1. The second kappa shape index (κ2) is 6.40. The molecule has 1 aromatic heterocycles. The van der Waals surface area contributed by atoms with E-state index in [0.717, 1.165) is 18.0 Å². The lowest BCUT2D eigenvalue weighted by atomic mass is 10.2. The molecule has 0 saturated heterocycles. The zero-order valence-electron chi connectivity index (χ0n) is 9.23. The Kier molecular flexibility index (Phi) is 5.10. The van der Waals surface area contributed by atoms with Crippen LogP contribution < -0.4 is 11.1 Å². The maximum absolute atomic E-state index is 5.68. The molecule has 0 aliphatic rings. The lowest BCUT2D eigenvalue weighted by Gasteiger charge is -2.06. The Labute approximate surface area is 94.6 Å². The summed E-state index contributed by atoms with van der Waals surface area (Å²) in [5, 5.41) is 6.14. The maximum Gasteiger partial charge on any atom is 0.188 e. The lowest BCUT2D eigenvalue weighted by Crippen LogP contribution is -2.32. The van der Waals surface area contributed by atoms with Crippen molar-refractivity contribution in [3.05, 3.63) is 16.6 Å². The minimum atomic E-state index is 0.340. The van der Waals surface area contributed by atoms with Gasteiger partial charge in [-0.25, -0.2) is 4.98 Å². The van der Waals surface area contributed by atoms with E-state index in [2.05, 4.69) is 29.1 Å². The third kappa shape index (κ3) is 4.29. The summed E-state index contributed by atoms with van der Waals surface area (Å²) in [6, 6.07) is 0. The fourth-order valence-corrected chi connectivity index (χ4v) is 1.79. The Morgan fingerprint density at radius 3 is 3.13 bits per heavy atom. The quantitative estimate of drug-likeness (QED) is 0.591. The van der Waals surface area contributed by atoms with Gasteiger partial charge < -0.3 is 11.1 Å². The predicted octanol–water partition coefficient (Wildman–Crippen LogP) is 1.56. The summed E-state index contributed by atoms with van der Waals surface area (Å²) in [7, 11) is 0. The molecular weight excluding hydrogens is 208 g/mol. The van der Waals surface area contributed by atoms with Crippen molar-refractivity contribution in [1.82, 2.24) is 10.3 Å². The van der Waals surface area contributed by atoms with E-state index >= 15 is 0 Å². The van der Waals surface area contributed by atoms with E-state index in [4.69, 9.17) is 5.73 Å². The molecule has 0 saturated carbocycles. The molecule has 0 spiro atoms. The number of nitrogens with zero attached hydrogens (tertiary/aromatic N) is 2. The summed E-state index contributed by atoms with van der Waals surface area (Å²) in [5.41, 5.74) is 5.68. The number of nitrogens with two attached hydrogens (primary N) is 1.